The van der Waals surface area contributed by atoms with Crippen molar-refractivity contribution >= 4 is 43.6 Å². The molecule has 0 radical (unpaired) electrons. The first kappa shape index (κ1) is 29.0. The van der Waals surface area contributed by atoms with E-state index in [1.165, 1.54) is 16.2 Å². The third-order valence-corrected chi connectivity index (χ3v) is 9.08. The van der Waals surface area contributed by atoms with Crippen molar-refractivity contribution in [3.8, 4) is 39.3 Å². The molecule has 0 amide bonds. The first-order valence-electron chi connectivity index (χ1n) is 15.4. The minimum absolute atomic E-state index is 0. The first-order valence-corrected chi connectivity index (χ1v) is 15.4. The molecule has 5 nitrogen and oxygen atoms in total. The number of rotatable bonds is 4. The van der Waals surface area contributed by atoms with Crippen LogP contribution in [0.15, 0.2) is 134 Å². The van der Waals surface area contributed by atoms with Crippen LogP contribution in [0.1, 0.15) is 5.69 Å². The smallest absolute Gasteiger partial charge is 0.409 e. The molecule has 0 aliphatic rings. The zero-order chi connectivity index (χ0) is 30.8. The predicted molar refractivity (Wildman–Crippen MR) is 186 cm³/mol. The molecule has 47 heavy (non-hydrogen) atoms. The van der Waals surface area contributed by atoms with E-state index in [0.717, 1.165) is 72.5 Å². The molecule has 6 heteroatoms. The zero-order valence-electron chi connectivity index (χ0n) is 25.8. The maximum absolute atomic E-state index is 5.29. The number of aromatic nitrogens is 5. The van der Waals surface area contributed by atoms with Gasteiger partial charge in [0.15, 0.2) is 5.69 Å². The molecule has 9 rings (SSSR count). The van der Waals surface area contributed by atoms with Crippen molar-refractivity contribution in [3.05, 3.63) is 145 Å². The molecule has 0 aliphatic heterocycles. The Labute approximate surface area is 286 Å². The van der Waals surface area contributed by atoms with Crippen molar-refractivity contribution in [2.24, 2.45) is 7.05 Å². The monoisotopic (exact) mass is 785 g/mol. The van der Waals surface area contributed by atoms with Gasteiger partial charge in [-0.05, 0) is 75.2 Å². The second kappa shape index (κ2) is 11.5. The molecule has 0 saturated carbocycles. The van der Waals surface area contributed by atoms with Gasteiger partial charge in [-0.3, -0.25) is 9.67 Å². The van der Waals surface area contributed by atoms with Crippen LogP contribution < -0.4 is 9.78 Å². The van der Waals surface area contributed by atoms with E-state index < -0.39 is 0 Å². The number of para-hydroxylation sites is 1. The van der Waals surface area contributed by atoms with Crippen LogP contribution in [0.3, 0.4) is 0 Å². The number of nitrogens with zero attached hydrogens (tertiary/aromatic N) is 5. The van der Waals surface area contributed by atoms with Gasteiger partial charge in [0, 0.05) is 29.3 Å². The summed E-state index contributed by atoms with van der Waals surface area (Å²) in [7, 11) is 1.99. The molecule has 4 heterocycles. The molecule has 0 aliphatic carbocycles. The van der Waals surface area contributed by atoms with Crippen molar-refractivity contribution < 1.29 is 25.7 Å². The van der Waals surface area contributed by atoms with Gasteiger partial charge in [0.1, 0.15) is 12.7 Å². The van der Waals surface area contributed by atoms with Gasteiger partial charge in [-0.2, -0.15) is 0 Å². The molecule has 0 atom stereocenters. The van der Waals surface area contributed by atoms with E-state index in [2.05, 4.69) is 139 Å². The molecule has 9 aromatic rings. The summed E-state index contributed by atoms with van der Waals surface area (Å²) in [5.41, 5.74) is 10.9. The normalized spacial score (nSPS) is 11.4. The van der Waals surface area contributed by atoms with E-state index in [1.807, 2.05) is 24.0 Å². The van der Waals surface area contributed by atoms with Crippen molar-refractivity contribution in [1.29, 1.82) is 0 Å². The standard InChI is InChI=1S/C41H28N5.Pt/c1-26-33-15-8-16-36(40(33)44-45(26)2)38-25-31(29-20-19-27-10-3-4-11-28(27)22-29)24-37(43-38)30-12-7-13-32(23-30)46-39-18-6-5-14-34(39)35-17-9-21-42-41(35)46;/h3-22,24-25H,1-2H3;/q-1;+2. The fourth-order valence-electron chi connectivity index (χ4n) is 6.67. The Kier molecular flexibility index (Phi) is 7.08. The molecular formula is C41H28N5Pt+. The summed E-state index contributed by atoms with van der Waals surface area (Å²) in [5.74, 6) is 0. The summed E-state index contributed by atoms with van der Waals surface area (Å²) in [4.78, 5) is 10.1. The molecule has 4 aromatic heterocycles. The third-order valence-electron chi connectivity index (χ3n) is 9.08. The van der Waals surface area contributed by atoms with Crippen LogP contribution in [-0.4, -0.2) is 14.5 Å². The van der Waals surface area contributed by atoms with Gasteiger partial charge in [0.05, 0.1) is 11.2 Å². The predicted octanol–water partition coefficient (Wildman–Crippen LogP) is 8.77. The van der Waals surface area contributed by atoms with Crippen LogP contribution in [0.2, 0.25) is 0 Å². The van der Waals surface area contributed by atoms with E-state index in [0.29, 0.717) is 0 Å². The summed E-state index contributed by atoms with van der Waals surface area (Å²) in [6.07, 6.45) is 1.85. The van der Waals surface area contributed by atoms with Gasteiger partial charge >= 0.3 is 21.1 Å². The fourth-order valence-corrected chi connectivity index (χ4v) is 6.67. The van der Waals surface area contributed by atoms with Crippen LogP contribution >= 0.6 is 0 Å². The number of aryl methyl sites for hydroxylation is 2. The average Bonchev–Trinajstić information content (AvgIpc) is 3.61. The molecule has 226 valence electrons. The molecule has 5 aromatic carbocycles. The summed E-state index contributed by atoms with van der Waals surface area (Å²) < 4.78 is 4.14. The SMILES string of the molecule is Cc1c2cccc(-c3cc(-c4ccc5ccccc5c4)cc(-c4[c-]c(-n5c6ccccc6c6cccnc65)ccc4)n3)c2[n-][n+]1C.[Pt+2]. The molecule has 0 N–H and O–H groups in total. The Morgan fingerprint density at radius 3 is 2.36 bits per heavy atom. The van der Waals surface area contributed by atoms with Gasteiger partial charge in [0.2, 0.25) is 0 Å². The van der Waals surface area contributed by atoms with Crippen molar-refractivity contribution in [1.82, 2.24) is 19.6 Å². The maximum atomic E-state index is 5.29. The van der Waals surface area contributed by atoms with Crippen LogP contribution in [-0.2, 0) is 28.1 Å². The molecular weight excluding hydrogens is 758 g/mol. The third kappa shape index (κ3) is 4.78. The molecule has 0 unspecified atom stereocenters. The van der Waals surface area contributed by atoms with Gasteiger partial charge in [-0.15, -0.1) is 29.8 Å². The van der Waals surface area contributed by atoms with Gasteiger partial charge in [-0.1, -0.05) is 78.3 Å². The van der Waals surface area contributed by atoms with E-state index in [4.69, 9.17) is 15.1 Å². The molecule has 0 fully saturated rings. The Morgan fingerprint density at radius 1 is 0.681 bits per heavy atom. The van der Waals surface area contributed by atoms with Crippen LogP contribution in [0.5, 0.6) is 0 Å². The zero-order valence-corrected chi connectivity index (χ0v) is 28.0. The number of benzene rings is 5. The minimum atomic E-state index is 0. The van der Waals surface area contributed by atoms with Crippen LogP contribution in [0, 0.1) is 13.0 Å². The van der Waals surface area contributed by atoms with Gasteiger partial charge in [0.25, 0.3) is 0 Å². The summed E-state index contributed by atoms with van der Waals surface area (Å²) in [6, 6.07) is 48.4. The summed E-state index contributed by atoms with van der Waals surface area (Å²) >= 11 is 0. The van der Waals surface area contributed by atoms with E-state index in [-0.39, 0.29) is 21.1 Å². The van der Waals surface area contributed by atoms with Gasteiger partial charge < -0.3 is 9.67 Å². The number of fused-ring (bicyclic) bond motifs is 5. The van der Waals surface area contributed by atoms with Gasteiger partial charge in [-0.25, -0.2) is 4.98 Å². The molecule has 0 bridgehead atoms. The van der Waals surface area contributed by atoms with Crippen LogP contribution in [0.25, 0.3) is 82.9 Å². The summed E-state index contributed by atoms with van der Waals surface area (Å²) in [5, 5.41) is 10.7. The van der Waals surface area contributed by atoms with Crippen molar-refractivity contribution in [3.63, 3.8) is 0 Å². The van der Waals surface area contributed by atoms with Crippen molar-refractivity contribution in [2.45, 2.75) is 6.92 Å². The molecule has 0 spiro atoms. The second-order valence-corrected chi connectivity index (χ2v) is 11.8. The largest absolute Gasteiger partial charge is 2.00 e. The number of hydrogen-bond donors (Lipinski definition) is 0. The van der Waals surface area contributed by atoms with E-state index >= 15 is 0 Å². The van der Waals surface area contributed by atoms with Crippen LogP contribution in [0.4, 0.5) is 0 Å². The number of hydrogen-bond acceptors (Lipinski definition) is 2. The topological polar surface area (TPSA) is 48.7 Å². The molecule has 0 saturated heterocycles. The Morgan fingerprint density at radius 2 is 1.45 bits per heavy atom. The van der Waals surface area contributed by atoms with E-state index in [9.17, 15) is 0 Å². The minimum Gasteiger partial charge on any atom is -0.409 e. The quantitative estimate of drug-likeness (QED) is 0.133. The Bertz CT molecular complexity index is 2580. The second-order valence-electron chi connectivity index (χ2n) is 11.8. The van der Waals surface area contributed by atoms with Crippen molar-refractivity contribution in [2.75, 3.05) is 0 Å². The maximum Gasteiger partial charge on any atom is 2.00 e. The first-order chi connectivity index (χ1) is 22.6. The summed E-state index contributed by atoms with van der Waals surface area (Å²) in [6.45, 7) is 2.10. The number of pyridine rings is 2. The Balaban J connectivity index is 0.00000324. The Hall–Kier alpha value is -5.38. The fraction of sp³-hybridized carbons (Fsp3) is 0.0488. The van der Waals surface area contributed by atoms with E-state index in [1.54, 1.807) is 0 Å². The average molecular weight is 786 g/mol.